The van der Waals surface area contributed by atoms with Crippen LogP contribution in [0.25, 0.3) is 44.8 Å². The monoisotopic (exact) mass is 1170 g/mol. The standard InChI is InChI=1S/C33H35FN2O6.C33H35FN2O5.Ca/c1-20(2)31-30(33(42)35-24-12-14-25(37)15-13-24)29(21-6-4-3-5-7-21)32(22-8-10-23(34)11-9-22)36(31)17-16-26(38)18-27(39)19-28(40)41;1-21(2)31-30(33(41)35-25-11-7-4-8-12-25)29(22-9-5-3-6-10-22)32(23-13-15-24(34)16-14-23)36(31)18-17-26(37)19-27(38)20-28(39)40;/h3-15,20,26-27,37-39H,16-19H2,1-2H3,(H,35,42)(H,40,41);3-16,21,26-27,37-38H,17-20H2,1-2H3,(H,35,41)(H,39,40);/q;;+2/p-2/t2*26-,27-;/m11./s1. The van der Waals surface area contributed by atoms with Gasteiger partial charge < -0.3 is 65.1 Å². The molecule has 0 radical (unpaired) electrons. The largest absolute Gasteiger partial charge is 2.00 e. The second-order valence-corrected chi connectivity index (χ2v) is 21.0. The van der Waals surface area contributed by atoms with Gasteiger partial charge in [-0.05, 0) is 145 Å². The number of aromatic nitrogens is 2. The number of phenols is 1. The Morgan fingerprint density at radius 2 is 0.798 bits per heavy atom. The average molecular weight is 1170 g/mol. The fourth-order valence-electron chi connectivity index (χ4n) is 10.4. The predicted octanol–water partition coefficient (Wildman–Crippen LogP) is 9.28. The molecule has 4 atom stereocenters. The molecule has 0 aliphatic carbocycles. The number of carbonyl (C=O) groups is 4. The van der Waals surface area contributed by atoms with Gasteiger partial charge in [0.15, 0.2) is 0 Å². The number of nitrogens with one attached hydrogen (secondary N) is 2. The average Bonchev–Trinajstić information content (AvgIpc) is 1.81. The van der Waals surface area contributed by atoms with Gasteiger partial charge in [0.05, 0.1) is 46.9 Å². The van der Waals surface area contributed by atoms with Gasteiger partial charge >= 0.3 is 37.7 Å². The summed E-state index contributed by atoms with van der Waals surface area (Å²) in [4.78, 5) is 49.8. The van der Waals surface area contributed by atoms with Gasteiger partial charge in [0.1, 0.15) is 17.4 Å². The number of halogens is 2. The second-order valence-electron chi connectivity index (χ2n) is 21.0. The van der Waals surface area contributed by atoms with Crippen LogP contribution >= 0.6 is 0 Å². The molecule has 0 spiro atoms. The van der Waals surface area contributed by atoms with Crippen molar-refractivity contribution in [1.29, 1.82) is 0 Å². The molecule has 8 aromatic rings. The van der Waals surface area contributed by atoms with E-state index in [1.807, 2.05) is 116 Å². The van der Waals surface area contributed by atoms with E-state index in [0.29, 0.717) is 61.8 Å². The van der Waals surface area contributed by atoms with Crippen LogP contribution in [0.1, 0.15) is 110 Å². The maximum Gasteiger partial charge on any atom is 2.00 e. The molecule has 0 unspecified atom stereocenters. The van der Waals surface area contributed by atoms with Crippen LogP contribution < -0.4 is 20.8 Å². The maximum absolute atomic E-state index is 14.1. The summed E-state index contributed by atoms with van der Waals surface area (Å²) in [6.07, 6.45) is -5.65. The molecule has 0 bridgehead atoms. The van der Waals surface area contributed by atoms with Crippen molar-refractivity contribution in [3.05, 3.63) is 198 Å². The Labute approximate surface area is 516 Å². The number of aromatic hydroxyl groups is 1. The van der Waals surface area contributed by atoms with Crippen molar-refractivity contribution < 1.29 is 63.7 Å². The normalized spacial score (nSPS) is 12.6. The number of rotatable bonds is 24. The van der Waals surface area contributed by atoms with Crippen LogP contribution in [0, 0.1) is 11.6 Å². The number of amides is 2. The molecule has 434 valence electrons. The minimum atomic E-state index is -1.41. The number of hydrogen-bond donors (Lipinski definition) is 7. The zero-order chi connectivity index (χ0) is 59.9. The summed E-state index contributed by atoms with van der Waals surface area (Å²) in [5.41, 5.74) is 9.01. The molecule has 2 amide bonds. The van der Waals surface area contributed by atoms with Crippen LogP contribution in [0.5, 0.6) is 5.75 Å². The van der Waals surface area contributed by atoms with E-state index in [0.717, 1.165) is 16.8 Å². The Hall–Kier alpha value is -7.48. The van der Waals surface area contributed by atoms with E-state index in [2.05, 4.69) is 10.6 Å². The number of nitrogens with zero attached hydrogens (tertiary/aromatic N) is 2. The summed E-state index contributed by atoms with van der Waals surface area (Å²) in [6.45, 7) is 8.35. The van der Waals surface area contributed by atoms with E-state index in [-0.39, 0.29) is 106 Å². The second kappa shape index (κ2) is 30.9. The van der Waals surface area contributed by atoms with Gasteiger partial charge in [-0.3, -0.25) is 9.59 Å². The van der Waals surface area contributed by atoms with Crippen molar-refractivity contribution in [2.75, 3.05) is 10.6 Å². The van der Waals surface area contributed by atoms with E-state index in [4.69, 9.17) is 0 Å². The fraction of sp³-hybridized carbons (Fsp3) is 0.273. The third-order valence-corrected chi connectivity index (χ3v) is 13.9. The molecule has 6 aromatic carbocycles. The summed E-state index contributed by atoms with van der Waals surface area (Å²) >= 11 is 0. The minimum absolute atomic E-state index is 0. The molecular weight excluding hydrogens is 1100 g/mol. The number of carboxylic acids is 2. The summed E-state index contributed by atoms with van der Waals surface area (Å²) in [5, 5.41) is 78.8. The topological polar surface area (TPSA) is 249 Å². The van der Waals surface area contributed by atoms with E-state index in [1.54, 1.807) is 48.5 Å². The smallest absolute Gasteiger partial charge is 0.550 e. The van der Waals surface area contributed by atoms with Crippen LogP contribution in [0.3, 0.4) is 0 Å². The quantitative estimate of drug-likeness (QED) is 0.0222. The van der Waals surface area contributed by atoms with Gasteiger partial charge in [-0.25, -0.2) is 8.78 Å². The molecule has 84 heavy (non-hydrogen) atoms. The molecule has 0 aliphatic heterocycles. The zero-order valence-electron chi connectivity index (χ0n) is 47.3. The summed E-state index contributed by atoms with van der Waals surface area (Å²) in [5.74, 6) is -4.50. The van der Waals surface area contributed by atoms with Gasteiger partial charge in [0.2, 0.25) is 0 Å². The number of benzene rings is 6. The number of carboxylic acid groups (broad SMARTS) is 2. The number of para-hydroxylation sites is 1. The number of aliphatic hydroxyl groups is 4. The maximum atomic E-state index is 14.1. The van der Waals surface area contributed by atoms with Crippen molar-refractivity contribution >= 4 is 72.9 Å². The molecule has 15 nitrogen and oxygen atoms in total. The van der Waals surface area contributed by atoms with Gasteiger partial charge in [-0.2, -0.15) is 0 Å². The van der Waals surface area contributed by atoms with Crippen molar-refractivity contribution in [3.8, 4) is 50.5 Å². The van der Waals surface area contributed by atoms with Crippen molar-refractivity contribution in [3.63, 3.8) is 0 Å². The molecule has 0 saturated heterocycles. The Morgan fingerprint density at radius 3 is 1.13 bits per heavy atom. The zero-order valence-corrected chi connectivity index (χ0v) is 49.5. The van der Waals surface area contributed by atoms with E-state index >= 15 is 0 Å². The SMILES string of the molecule is CC(C)c1c(C(=O)Nc2ccc(O)cc2)c(-c2ccccc2)c(-c2ccc(F)cc2)n1CC[C@@H](O)C[C@@H](O)CC(=O)[O-].CC(C)c1c(C(=O)Nc2ccccc2)c(-c2ccccc2)c(-c2ccc(F)cc2)n1CC[C@@H](O)C[C@@H](O)CC(=O)[O-].[Ca+2]. The van der Waals surface area contributed by atoms with E-state index in [9.17, 15) is 63.7 Å². The molecule has 8 rings (SSSR count). The third kappa shape index (κ3) is 17.3. The van der Waals surface area contributed by atoms with Crippen LogP contribution in [0.15, 0.2) is 164 Å². The number of aliphatic hydroxyl groups excluding tert-OH is 4. The Balaban J connectivity index is 0.000000266. The molecular formula is C66H68CaF2N4O11. The van der Waals surface area contributed by atoms with E-state index < -0.39 is 60.8 Å². The number of phenolic OH excluding ortho intramolecular Hbond substituents is 1. The third-order valence-electron chi connectivity index (χ3n) is 13.9. The summed E-state index contributed by atoms with van der Waals surface area (Å²) in [7, 11) is 0. The van der Waals surface area contributed by atoms with Crippen LogP contribution in [-0.2, 0) is 22.7 Å². The predicted molar refractivity (Wildman–Crippen MR) is 317 cm³/mol. The Kier molecular flexibility index (Phi) is 24.1. The molecule has 2 aromatic heterocycles. The molecule has 0 aliphatic rings. The van der Waals surface area contributed by atoms with Gasteiger partial charge in [-0.15, -0.1) is 0 Å². The van der Waals surface area contributed by atoms with Crippen LogP contribution in [-0.4, -0.2) is 121 Å². The van der Waals surface area contributed by atoms with Gasteiger partial charge in [0, 0.05) is 71.8 Å². The first kappa shape index (κ1) is 65.7. The molecule has 0 saturated carbocycles. The summed E-state index contributed by atoms with van der Waals surface area (Å²) in [6, 6.07) is 46.2. The van der Waals surface area contributed by atoms with Crippen LogP contribution in [0.4, 0.5) is 20.2 Å². The molecule has 7 N–H and O–H groups in total. The van der Waals surface area contributed by atoms with Crippen molar-refractivity contribution in [2.45, 2.75) is 116 Å². The Bertz CT molecular complexity index is 3450. The number of hydrogen-bond acceptors (Lipinski definition) is 11. The summed E-state index contributed by atoms with van der Waals surface area (Å²) < 4.78 is 31.9. The van der Waals surface area contributed by atoms with Gasteiger partial charge in [0.25, 0.3) is 11.8 Å². The molecule has 0 fully saturated rings. The van der Waals surface area contributed by atoms with Crippen molar-refractivity contribution in [2.24, 2.45) is 0 Å². The number of anilines is 2. The van der Waals surface area contributed by atoms with Crippen LogP contribution in [0.2, 0.25) is 0 Å². The number of aliphatic carboxylic acids is 2. The minimum Gasteiger partial charge on any atom is -0.550 e. The first-order valence-electron chi connectivity index (χ1n) is 27.4. The molecule has 2 heterocycles. The van der Waals surface area contributed by atoms with E-state index in [1.165, 1.54) is 36.4 Å². The molecule has 18 heteroatoms. The first-order valence-corrected chi connectivity index (χ1v) is 27.4. The number of carbonyl (C=O) groups excluding carboxylic acids is 4. The van der Waals surface area contributed by atoms with Crippen molar-refractivity contribution in [1.82, 2.24) is 9.13 Å². The van der Waals surface area contributed by atoms with Gasteiger partial charge in [-0.1, -0.05) is 107 Å². The Morgan fingerprint density at radius 1 is 0.464 bits per heavy atom. The fourth-order valence-corrected chi connectivity index (χ4v) is 10.4. The first-order chi connectivity index (χ1) is 39.7.